The second-order valence-electron chi connectivity index (χ2n) is 6.75. The smallest absolute Gasteiger partial charge is 0.0713 e. The molecule has 1 aromatic carbocycles. The molecule has 1 radical (unpaired) electrons. The fourth-order valence-corrected chi connectivity index (χ4v) is 1.69. The molecule has 0 aliphatic carbocycles. The van der Waals surface area contributed by atoms with E-state index in [0.29, 0.717) is 6.61 Å². The van der Waals surface area contributed by atoms with Crippen LogP contribution in [0.2, 0.25) is 0 Å². The summed E-state index contributed by atoms with van der Waals surface area (Å²) in [7, 11) is 1.74. The maximum Gasteiger partial charge on any atom is 0.0713 e. The van der Waals surface area contributed by atoms with Gasteiger partial charge in [0.25, 0.3) is 0 Å². The van der Waals surface area contributed by atoms with E-state index in [1.54, 1.807) is 7.11 Å². The van der Waals surface area contributed by atoms with Crippen LogP contribution in [0.5, 0.6) is 0 Å². The van der Waals surface area contributed by atoms with E-state index in [-0.39, 0.29) is 10.8 Å². The van der Waals surface area contributed by atoms with E-state index in [2.05, 4.69) is 59.7 Å². The third kappa shape index (κ3) is 3.85. The van der Waals surface area contributed by atoms with Crippen LogP contribution in [-0.2, 0) is 22.2 Å². The van der Waals surface area contributed by atoms with Crippen molar-refractivity contribution in [3.05, 3.63) is 34.9 Å². The highest BCUT2D eigenvalue weighted by atomic mass is 16.5. The van der Waals surface area contributed by atoms with Crippen LogP contribution in [0.1, 0.15) is 58.2 Å². The number of benzene rings is 1. The van der Waals surface area contributed by atoms with Crippen LogP contribution in [0, 0.1) is 6.07 Å². The van der Waals surface area contributed by atoms with Gasteiger partial charge in [-0.15, -0.1) is 0 Å². The van der Waals surface area contributed by atoms with Crippen molar-refractivity contribution in [2.24, 2.45) is 0 Å². The summed E-state index contributed by atoms with van der Waals surface area (Å²) in [5, 5.41) is 0. The third-order valence-electron chi connectivity index (χ3n) is 2.86. The molecule has 0 N–H and O–H groups in total. The van der Waals surface area contributed by atoms with E-state index in [1.807, 2.05) is 0 Å². The van der Waals surface area contributed by atoms with Crippen LogP contribution >= 0.6 is 0 Å². The van der Waals surface area contributed by atoms with Crippen molar-refractivity contribution in [3.63, 3.8) is 0 Å². The highest BCUT2D eigenvalue weighted by Crippen LogP contribution is 2.29. The quantitative estimate of drug-likeness (QED) is 0.743. The molecule has 95 valence electrons. The molecule has 0 aromatic heterocycles. The van der Waals surface area contributed by atoms with Crippen molar-refractivity contribution in [2.45, 2.75) is 59.0 Å². The van der Waals surface area contributed by atoms with Gasteiger partial charge < -0.3 is 4.74 Å². The van der Waals surface area contributed by atoms with Crippen molar-refractivity contribution in [1.29, 1.82) is 0 Å². The number of methoxy groups -OCH3 is 1. The predicted molar refractivity (Wildman–Crippen MR) is 73.4 cm³/mol. The predicted octanol–water partition coefficient (Wildman–Crippen LogP) is 4.23. The molecule has 0 amide bonds. The second kappa shape index (κ2) is 4.81. The van der Waals surface area contributed by atoms with Gasteiger partial charge in [0.05, 0.1) is 6.61 Å². The Morgan fingerprint density at radius 1 is 0.941 bits per heavy atom. The van der Waals surface area contributed by atoms with E-state index in [1.165, 1.54) is 16.7 Å². The van der Waals surface area contributed by atoms with E-state index in [4.69, 9.17) is 4.74 Å². The Balaban J connectivity index is 3.29. The highest BCUT2D eigenvalue weighted by molar-refractivity contribution is 5.35. The maximum atomic E-state index is 5.25. The van der Waals surface area contributed by atoms with Crippen LogP contribution in [0.4, 0.5) is 0 Å². The summed E-state index contributed by atoms with van der Waals surface area (Å²) in [6, 6.07) is 7.98. The molecule has 0 atom stereocenters. The lowest BCUT2D eigenvalue weighted by Crippen LogP contribution is -2.17. The van der Waals surface area contributed by atoms with Gasteiger partial charge in [-0.1, -0.05) is 53.7 Å². The van der Waals surface area contributed by atoms with E-state index in [9.17, 15) is 0 Å². The van der Waals surface area contributed by atoms with Gasteiger partial charge in [0.1, 0.15) is 0 Å². The average molecular weight is 233 g/mol. The van der Waals surface area contributed by atoms with Crippen LogP contribution in [0.15, 0.2) is 12.1 Å². The Kier molecular flexibility index (Phi) is 4.03. The van der Waals surface area contributed by atoms with Gasteiger partial charge in [0, 0.05) is 7.11 Å². The zero-order valence-corrected chi connectivity index (χ0v) is 12.3. The SMILES string of the molecule is COCc1cc(C(C)(C)C)[c]c(C(C)(C)C)c1. The lowest BCUT2D eigenvalue weighted by Gasteiger charge is -2.25. The molecule has 0 aliphatic rings. The molecule has 1 rings (SSSR count). The minimum absolute atomic E-state index is 0.129. The van der Waals surface area contributed by atoms with Crippen molar-refractivity contribution < 1.29 is 4.74 Å². The molecule has 0 bridgehead atoms. The maximum absolute atomic E-state index is 5.25. The Morgan fingerprint density at radius 2 is 1.35 bits per heavy atom. The fourth-order valence-electron chi connectivity index (χ4n) is 1.69. The standard InChI is InChI=1S/C16H25O/c1-15(2,3)13-8-12(11-17-7)9-14(10-13)16(4,5)6/h8-9H,11H2,1-7H3. The minimum Gasteiger partial charge on any atom is -0.380 e. The molecule has 0 heterocycles. The number of rotatable bonds is 2. The minimum atomic E-state index is 0.129. The molecular weight excluding hydrogens is 208 g/mol. The first kappa shape index (κ1) is 14.2. The molecule has 1 aromatic rings. The van der Waals surface area contributed by atoms with Crippen molar-refractivity contribution in [3.8, 4) is 0 Å². The first-order chi connectivity index (χ1) is 7.64. The first-order valence-corrected chi connectivity index (χ1v) is 6.21. The Morgan fingerprint density at radius 3 is 1.65 bits per heavy atom. The van der Waals surface area contributed by atoms with Crippen LogP contribution in [-0.4, -0.2) is 7.11 Å². The van der Waals surface area contributed by atoms with Gasteiger partial charge in [0.2, 0.25) is 0 Å². The third-order valence-corrected chi connectivity index (χ3v) is 2.86. The fraction of sp³-hybridized carbons (Fsp3) is 0.625. The molecule has 0 aliphatic heterocycles. The number of hydrogen-bond acceptors (Lipinski definition) is 1. The summed E-state index contributed by atoms with van der Waals surface area (Å²) < 4.78 is 5.25. The van der Waals surface area contributed by atoms with Gasteiger partial charge in [0.15, 0.2) is 0 Å². The van der Waals surface area contributed by atoms with Gasteiger partial charge in [-0.25, -0.2) is 0 Å². The van der Waals surface area contributed by atoms with E-state index in [0.717, 1.165) is 0 Å². The Bertz CT molecular complexity index is 345. The van der Waals surface area contributed by atoms with Crippen molar-refractivity contribution in [1.82, 2.24) is 0 Å². The highest BCUT2D eigenvalue weighted by Gasteiger charge is 2.20. The first-order valence-electron chi connectivity index (χ1n) is 6.21. The molecule has 0 saturated heterocycles. The summed E-state index contributed by atoms with van der Waals surface area (Å²) in [5.41, 5.74) is 4.02. The summed E-state index contributed by atoms with van der Waals surface area (Å²) >= 11 is 0. The van der Waals surface area contributed by atoms with Crippen LogP contribution < -0.4 is 0 Å². The Hall–Kier alpha value is -0.820. The van der Waals surface area contributed by atoms with Gasteiger partial charge in [-0.2, -0.15) is 0 Å². The van der Waals surface area contributed by atoms with E-state index >= 15 is 0 Å². The number of ether oxygens (including phenoxy) is 1. The van der Waals surface area contributed by atoms with Gasteiger partial charge in [-0.05, 0) is 33.6 Å². The Labute approximate surface area is 106 Å². The average Bonchev–Trinajstić information content (AvgIpc) is 2.15. The molecule has 1 nitrogen and oxygen atoms in total. The molecule has 0 fully saturated rings. The number of hydrogen-bond donors (Lipinski definition) is 0. The topological polar surface area (TPSA) is 9.23 Å². The van der Waals surface area contributed by atoms with E-state index < -0.39 is 0 Å². The molecule has 17 heavy (non-hydrogen) atoms. The largest absolute Gasteiger partial charge is 0.380 e. The van der Waals surface area contributed by atoms with Crippen molar-refractivity contribution >= 4 is 0 Å². The molecule has 1 heteroatoms. The van der Waals surface area contributed by atoms with Crippen LogP contribution in [0.25, 0.3) is 0 Å². The van der Waals surface area contributed by atoms with Gasteiger partial charge >= 0.3 is 0 Å². The molecule has 0 saturated carbocycles. The zero-order chi connectivity index (χ0) is 13.3. The van der Waals surface area contributed by atoms with Gasteiger partial charge in [-0.3, -0.25) is 0 Å². The summed E-state index contributed by atoms with van der Waals surface area (Å²) in [5.74, 6) is 0. The second-order valence-corrected chi connectivity index (χ2v) is 6.75. The van der Waals surface area contributed by atoms with Crippen molar-refractivity contribution in [2.75, 3.05) is 7.11 Å². The summed E-state index contributed by atoms with van der Waals surface area (Å²) in [6.45, 7) is 14.0. The lowest BCUT2D eigenvalue weighted by molar-refractivity contribution is 0.184. The summed E-state index contributed by atoms with van der Waals surface area (Å²) in [6.07, 6.45) is 0. The normalized spacial score (nSPS) is 12.9. The van der Waals surface area contributed by atoms with Crippen LogP contribution in [0.3, 0.4) is 0 Å². The summed E-state index contributed by atoms with van der Waals surface area (Å²) in [4.78, 5) is 0. The lowest BCUT2D eigenvalue weighted by atomic mass is 9.79. The molecular formula is C16H25O. The zero-order valence-electron chi connectivity index (χ0n) is 12.3. The molecule has 0 unspecified atom stereocenters. The monoisotopic (exact) mass is 233 g/mol. The molecule has 0 spiro atoms.